The van der Waals surface area contributed by atoms with Crippen LogP contribution in [-0.4, -0.2) is 20.4 Å². The van der Waals surface area contributed by atoms with Crippen LogP contribution in [0.15, 0.2) is 73.8 Å². The van der Waals surface area contributed by atoms with E-state index in [1.54, 1.807) is 12.2 Å². The van der Waals surface area contributed by atoms with E-state index in [9.17, 15) is 20.4 Å². The van der Waals surface area contributed by atoms with Gasteiger partial charge in [-0.2, -0.15) is 0 Å². The summed E-state index contributed by atoms with van der Waals surface area (Å²) in [5.41, 5.74) is 7.98. The van der Waals surface area contributed by atoms with Crippen molar-refractivity contribution in [3.63, 3.8) is 0 Å². The van der Waals surface area contributed by atoms with Crippen molar-refractivity contribution in [2.75, 3.05) is 0 Å². The molecule has 218 valence electrons. The van der Waals surface area contributed by atoms with Crippen LogP contribution in [0.2, 0.25) is 0 Å². The van der Waals surface area contributed by atoms with Gasteiger partial charge in [-0.3, -0.25) is 0 Å². The second-order valence-corrected chi connectivity index (χ2v) is 11.0. The molecule has 4 aromatic carbocycles. The first-order chi connectivity index (χ1) is 20.0. The van der Waals surface area contributed by atoms with Crippen molar-refractivity contribution >= 4 is 0 Å². The number of phenolic OH excluding ortho intramolecular Hbond substituents is 4. The summed E-state index contributed by atoms with van der Waals surface area (Å²) < 4.78 is 6.40. The van der Waals surface area contributed by atoms with E-state index < -0.39 is 0 Å². The average molecular weight is 565 g/mol. The van der Waals surface area contributed by atoms with Crippen LogP contribution >= 0.6 is 0 Å². The number of ether oxygens (including phenoxy) is 1. The van der Waals surface area contributed by atoms with Crippen molar-refractivity contribution in [3.05, 3.63) is 129 Å². The smallest absolute Gasteiger partial charge is 0.128 e. The summed E-state index contributed by atoms with van der Waals surface area (Å²) in [5.74, 6) is 2.09. The number of benzene rings is 4. The van der Waals surface area contributed by atoms with E-state index in [0.717, 1.165) is 33.4 Å². The summed E-state index contributed by atoms with van der Waals surface area (Å²) in [6.45, 7) is 15.3. The van der Waals surface area contributed by atoms with Gasteiger partial charge in [0.25, 0.3) is 0 Å². The Morgan fingerprint density at radius 1 is 0.548 bits per heavy atom. The molecule has 0 bridgehead atoms. The maximum atomic E-state index is 11.1. The van der Waals surface area contributed by atoms with E-state index in [-0.39, 0.29) is 17.2 Å². The van der Waals surface area contributed by atoms with Gasteiger partial charge >= 0.3 is 0 Å². The number of aromatic hydroxyl groups is 4. The molecule has 0 radical (unpaired) electrons. The van der Waals surface area contributed by atoms with Crippen LogP contribution < -0.4 is 4.74 Å². The van der Waals surface area contributed by atoms with E-state index in [1.807, 2.05) is 76.2 Å². The first kappa shape index (κ1) is 30.3. The van der Waals surface area contributed by atoms with Crippen molar-refractivity contribution in [2.45, 2.75) is 59.8 Å². The fourth-order valence-electron chi connectivity index (χ4n) is 5.49. The van der Waals surface area contributed by atoms with E-state index in [4.69, 9.17) is 4.74 Å². The predicted molar refractivity (Wildman–Crippen MR) is 170 cm³/mol. The molecule has 0 aromatic heterocycles. The minimum Gasteiger partial charge on any atom is -0.507 e. The zero-order valence-electron chi connectivity index (χ0n) is 24.9. The van der Waals surface area contributed by atoms with Crippen molar-refractivity contribution < 1.29 is 25.2 Å². The highest BCUT2D eigenvalue weighted by molar-refractivity contribution is 5.54. The molecule has 0 saturated carbocycles. The molecule has 0 spiro atoms. The second kappa shape index (κ2) is 12.9. The molecule has 5 nitrogen and oxygen atoms in total. The molecule has 42 heavy (non-hydrogen) atoms. The van der Waals surface area contributed by atoms with Crippen LogP contribution in [0.5, 0.6) is 34.5 Å². The Balaban J connectivity index is 1.74. The van der Waals surface area contributed by atoms with Gasteiger partial charge in [0, 0.05) is 35.1 Å². The zero-order chi connectivity index (χ0) is 30.6. The van der Waals surface area contributed by atoms with Crippen LogP contribution in [0.1, 0.15) is 62.6 Å². The Labute approximate surface area is 248 Å². The summed E-state index contributed by atoms with van der Waals surface area (Å²) >= 11 is 0. The van der Waals surface area contributed by atoms with E-state index in [0.29, 0.717) is 71.6 Å². The Hall–Kier alpha value is -4.64. The Kier molecular flexibility index (Phi) is 9.31. The van der Waals surface area contributed by atoms with Crippen molar-refractivity contribution in [1.82, 2.24) is 0 Å². The summed E-state index contributed by atoms with van der Waals surface area (Å²) in [5, 5.41) is 42.8. The number of allylic oxidation sites excluding steroid dienone is 2. The Bertz CT molecular complexity index is 1620. The summed E-state index contributed by atoms with van der Waals surface area (Å²) in [7, 11) is 0. The molecule has 0 aliphatic carbocycles. The molecule has 0 unspecified atom stereocenters. The van der Waals surface area contributed by atoms with Gasteiger partial charge in [-0.05, 0) is 97.7 Å². The van der Waals surface area contributed by atoms with Gasteiger partial charge in [0.2, 0.25) is 0 Å². The van der Waals surface area contributed by atoms with Crippen LogP contribution in [0, 0.1) is 20.8 Å². The number of aryl methyl sites for hydroxylation is 4. The van der Waals surface area contributed by atoms with E-state index in [1.165, 1.54) is 0 Å². The molecule has 0 amide bonds. The molecule has 4 N–H and O–H groups in total. The third-order valence-electron chi connectivity index (χ3n) is 7.61. The van der Waals surface area contributed by atoms with Gasteiger partial charge in [0.15, 0.2) is 0 Å². The number of hydrogen-bond donors (Lipinski definition) is 4. The second-order valence-electron chi connectivity index (χ2n) is 11.0. The largest absolute Gasteiger partial charge is 0.507 e. The van der Waals surface area contributed by atoms with Gasteiger partial charge in [0.05, 0.1) is 0 Å². The predicted octanol–water partition coefficient (Wildman–Crippen LogP) is 8.43. The highest BCUT2D eigenvalue weighted by Gasteiger charge is 2.16. The lowest BCUT2D eigenvalue weighted by atomic mass is 9.95. The summed E-state index contributed by atoms with van der Waals surface area (Å²) in [6.07, 6.45) is 6.03. The molecule has 0 saturated heterocycles. The Morgan fingerprint density at radius 3 is 1.38 bits per heavy atom. The quantitative estimate of drug-likeness (QED) is 0.137. The fraction of sp³-hybridized carbons (Fsp3) is 0.243. The van der Waals surface area contributed by atoms with E-state index in [2.05, 4.69) is 13.2 Å². The molecule has 0 aliphatic heterocycles. The number of phenols is 4. The van der Waals surface area contributed by atoms with Crippen LogP contribution in [-0.2, 0) is 32.1 Å². The van der Waals surface area contributed by atoms with Gasteiger partial charge < -0.3 is 25.2 Å². The normalized spacial score (nSPS) is 11.0. The molecule has 0 fully saturated rings. The SMILES string of the molecule is C=CCc1cc(Oc2cc(CC=C)c(O)c(Cc3cc(C)c(O)c(CC)c3)c2)cc(Cc2cc(C)c(O)c(C)c2)c1O. The first-order valence-corrected chi connectivity index (χ1v) is 14.2. The lowest BCUT2D eigenvalue weighted by Crippen LogP contribution is -1.99. The standard InChI is InChI=1S/C37H40O5/c1-7-10-28-18-32(20-30(36(28)40)16-25-12-22(4)34(38)23(5)13-25)42-33-19-29(11-8-2)37(41)31(21-33)17-26-14-24(6)35(39)27(9-3)15-26/h7-8,12-15,18-21,38-41H,1-2,9-11,16-17H2,3-6H3. The zero-order valence-corrected chi connectivity index (χ0v) is 24.9. The molecule has 0 atom stereocenters. The minimum absolute atomic E-state index is 0.193. The van der Waals surface area contributed by atoms with Crippen LogP contribution in [0.4, 0.5) is 0 Å². The third-order valence-corrected chi connectivity index (χ3v) is 7.61. The highest BCUT2D eigenvalue weighted by atomic mass is 16.5. The van der Waals surface area contributed by atoms with Gasteiger partial charge in [-0.15, -0.1) is 13.2 Å². The number of hydrogen-bond acceptors (Lipinski definition) is 5. The minimum atomic E-state index is 0.193. The molecule has 4 aromatic rings. The topological polar surface area (TPSA) is 90.2 Å². The first-order valence-electron chi connectivity index (χ1n) is 14.2. The van der Waals surface area contributed by atoms with E-state index >= 15 is 0 Å². The molecule has 0 aliphatic rings. The van der Waals surface area contributed by atoms with Gasteiger partial charge in [0.1, 0.15) is 34.5 Å². The third kappa shape index (κ3) is 6.63. The Morgan fingerprint density at radius 2 is 0.952 bits per heavy atom. The van der Waals surface area contributed by atoms with Crippen molar-refractivity contribution in [2.24, 2.45) is 0 Å². The molecule has 0 heterocycles. The average Bonchev–Trinajstić information content (AvgIpc) is 2.94. The van der Waals surface area contributed by atoms with Crippen LogP contribution in [0.3, 0.4) is 0 Å². The molecular formula is C37H40O5. The van der Waals surface area contributed by atoms with Crippen molar-refractivity contribution in [3.8, 4) is 34.5 Å². The maximum Gasteiger partial charge on any atom is 0.128 e. The fourth-order valence-corrected chi connectivity index (χ4v) is 5.49. The number of rotatable bonds is 11. The summed E-state index contributed by atoms with van der Waals surface area (Å²) in [6, 6.07) is 15.0. The monoisotopic (exact) mass is 564 g/mol. The van der Waals surface area contributed by atoms with Gasteiger partial charge in [-0.25, -0.2) is 0 Å². The maximum absolute atomic E-state index is 11.1. The van der Waals surface area contributed by atoms with Crippen molar-refractivity contribution in [1.29, 1.82) is 0 Å². The molecule has 5 heteroatoms. The van der Waals surface area contributed by atoms with Crippen LogP contribution in [0.25, 0.3) is 0 Å². The van der Waals surface area contributed by atoms with Gasteiger partial charge in [-0.1, -0.05) is 43.3 Å². The lowest BCUT2D eigenvalue weighted by Gasteiger charge is -2.17. The summed E-state index contributed by atoms with van der Waals surface area (Å²) in [4.78, 5) is 0. The lowest BCUT2D eigenvalue weighted by molar-refractivity contribution is 0.447. The highest BCUT2D eigenvalue weighted by Crippen LogP contribution is 2.37. The molecule has 4 rings (SSSR count). The molecular weight excluding hydrogens is 524 g/mol.